The first-order valence-corrected chi connectivity index (χ1v) is 6.10. The third-order valence-corrected chi connectivity index (χ3v) is 2.66. The van der Waals surface area contributed by atoms with Crippen molar-refractivity contribution in [1.29, 1.82) is 0 Å². The lowest BCUT2D eigenvalue weighted by molar-refractivity contribution is 0.102. The van der Waals surface area contributed by atoms with Crippen LogP contribution >= 0.6 is 0 Å². The molecule has 0 saturated carbocycles. The summed E-state index contributed by atoms with van der Waals surface area (Å²) in [5.74, 6) is 3.96. The van der Waals surface area contributed by atoms with E-state index in [4.69, 9.17) is 10.2 Å². The molecule has 5 heteroatoms. The fourth-order valence-corrected chi connectivity index (χ4v) is 1.65. The second-order valence-corrected chi connectivity index (χ2v) is 4.16. The molecule has 0 saturated heterocycles. The topological polar surface area (TPSA) is 69.6 Å². The number of aliphatic hydroxyl groups excluding tert-OH is 1. The highest BCUT2D eigenvalue weighted by molar-refractivity contribution is 6.04. The van der Waals surface area contributed by atoms with Gasteiger partial charge in [0, 0.05) is 11.3 Å². The number of anilines is 1. The fraction of sp³-hybridized carbons (Fsp3) is 0.0625. The Hall–Kier alpha value is -2.84. The number of phenols is 1. The van der Waals surface area contributed by atoms with Crippen LogP contribution in [0.2, 0.25) is 0 Å². The van der Waals surface area contributed by atoms with Crippen LogP contribution in [0, 0.1) is 17.7 Å². The van der Waals surface area contributed by atoms with Crippen LogP contribution in [-0.4, -0.2) is 22.7 Å². The summed E-state index contributed by atoms with van der Waals surface area (Å²) in [7, 11) is 0. The predicted octanol–water partition coefficient (Wildman–Crippen LogP) is 2.13. The minimum absolute atomic E-state index is 0.0647. The van der Waals surface area contributed by atoms with Gasteiger partial charge in [-0.2, -0.15) is 0 Å². The van der Waals surface area contributed by atoms with Crippen molar-refractivity contribution in [2.24, 2.45) is 0 Å². The Morgan fingerprint density at radius 2 is 1.90 bits per heavy atom. The summed E-state index contributed by atoms with van der Waals surface area (Å²) in [5.41, 5.74) is 0.837. The molecule has 21 heavy (non-hydrogen) atoms. The van der Waals surface area contributed by atoms with Gasteiger partial charge in [-0.15, -0.1) is 0 Å². The number of benzene rings is 2. The Kier molecular flexibility index (Phi) is 4.54. The summed E-state index contributed by atoms with van der Waals surface area (Å²) in [4.78, 5) is 12.0. The molecule has 0 unspecified atom stereocenters. The van der Waals surface area contributed by atoms with Crippen molar-refractivity contribution >= 4 is 11.6 Å². The molecule has 1 amide bonds. The van der Waals surface area contributed by atoms with Gasteiger partial charge in [0.25, 0.3) is 5.91 Å². The number of carbonyl (C=O) groups excluding carboxylic acids is 1. The van der Waals surface area contributed by atoms with Crippen LogP contribution < -0.4 is 5.32 Å². The lowest BCUT2D eigenvalue weighted by Crippen LogP contribution is -2.11. The molecule has 0 atom stereocenters. The van der Waals surface area contributed by atoms with Gasteiger partial charge >= 0.3 is 0 Å². The molecule has 2 aromatic rings. The normalized spacial score (nSPS) is 9.62. The lowest BCUT2D eigenvalue weighted by atomic mass is 10.1. The molecule has 0 aliphatic rings. The zero-order chi connectivity index (χ0) is 15.2. The molecule has 4 nitrogen and oxygen atoms in total. The van der Waals surface area contributed by atoms with E-state index in [-0.39, 0.29) is 23.8 Å². The molecule has 0 aliphatic heterocycles. The van der Waals surface area contributed by atoms with E-state index >= 15 is 0 Å². The summed E-state index contributed by atoms with van der Waals surface area (Å²) in [5, 5.41) is 20.4. The molecular weight excluding hydrogens is 273 g/mol. The number of nitrogens with one attached hydrogen (secondary N) is 1. The van der Waals surface area contributed by atoms with E-state index in [0.29, 0.717) is 11.3 Å². The van der Waals surface area contributed by atoms with Gasteiger partial charge in [0.1, 0.15) is 18.2 Å². The number of amides is 1. The second-order valence-electron chi connectivity index (χ2n) is 4.16. The highest BCUT2D eigenvalue weighted by atomic mass is 19.1. The van der Waals surface area contributed by atoms with Gasteiger partial charge in [-0.3, -0.25) is 4.79 Å². The summed E-state index contributed by atoms with van der Waals surface area (Å²) < 4.78 is 13.5. The molecule has 3 N–H and O–H groups in total. The van der Waals surface area contributed by atoms with E-state index in [2.05, 4.69) is 17.2 Å². The van der Waals surface area contributed by atoms with Gasteiger partial charge < -0.3 is 15.5 Å². The Morgan fingerprint density at radius 3 is 2.57 bits per heavy atom. The molecule has 2 aromatic carbocycles. The smallest absolute Gasteiger partial charge is 0.255 e. The van der Waals surface area contributed by atoms with Crippen LogP contribution in [0.4, 0.5) is 10.1 Å². The van der Waals surface area contributed by atoms with E-state index in [1.54, 1.807) is 0 Å². The quantitative estimate of drug-likeness (QED) is 0.740. The summed E-state index contributed by atoms with van der Waals surface area (Å²) >= 11 is 0. The summed E-state index contributed by atoms with van der Waals surface area (Å²) in [6.45, 7) is -0.371. The number of hydrogen-bond donors (Lipinski definition) is 3. The number of halogens is 1. The average Bonchev–Trinajstić information content (AvgIpc) is 2.48. The molecule has 0 heterocycles. The number of aromatic hydroxyl groups is 1. The first-order chi connectivity index (χ1) is 10.1. The molecule has 0 radical (unpaired) electrons. The zero-order valence-corrected chi connectivity index (χ0v) is 10.9. The molecule has 2 rings (SSSR count). The number of phenolic OH excluding ortho intramolecular Hbond substituents is 1. The Morgan fingerprint density at radius 1 is 1.19 bits per heavy atom. The van der Waals surface area contributed by atoms with Crippen LogP contribution in [0.25, 0.3) is 0 Å². The van der Waals surface area contributed by atoms with Crippen molar-refractivity contribution < 1.29 is 19.4 Å². The van der Waals surface area contributed by atoms with E-state index in [0.717, 1.165) is 0 Å². The Bertz CT molecular complexity index is 715. The minimum Gasteiger partial charge on any atom is -0.508 e. The van der Waals surface area contributed by atoms with Crippen molar-refractivity contribution in [3.63, 3.8) is 0 Å². The van der Waals surface area contributed by atoms with Crippen molar-refractivity contribution in [3.8, 4) is 17.6 Å². The summed E-state index contributed by atoms with van der Waals surface area (Å²) in [6, 6.07) is 9.73. The molecule has 0 spiro atoms. The number of rotatable bonds is 2. The predicted molar refractivity (Wildman–Crippen MR) is 76.4 cm³/mol. The first kappa shape index (κ1) is 14.6. The monoisotopic (exact) mass is 285 g/mol. The largest absolute Gasteiger partial charge is 0.508 e. The van der Waals surface area contributed by atoms with Gasteiger partial charge in [0.15, 0.2) is 0 Å². The van der Waals surface area contributed by atoms with Gasteiger partial charge in [-0.05, 0) is 42.5 Å². The van der Waals surface area contributed by atoms with Gasteiger partial charge in [-0.25, -0.2) is 4.39 Å². The van der Waals surface area contributed by atoms with Gasteiger partial charge in [-0.1, -0.05) is 11.8 Å². The average molecular weight is 285 g/mol. The Balaban J connectivity index is 2.19. The molecule has 106 valence electrons. The molecule has 0 aromatic heterocycles. The maximum atomic E-state index is 13.5. The second kappa shape index (κ2) is 6.55. The maximum Gasteiger partial charge on any atom is 0.255 e. The SMILES string of the molecule is O=C(Nc1ccc(F)c(C#CCO)c1)c1ccc(O)cc1. The molecule has 0 aliphatic carbocycles. The van der Waals surface area contributed by atoms with Gasteiger partial charge in [0.2, 0.25) is 0 Å². The lowest BCUT2D eigenvalue weighted by Gasteiger charge is -2.06. The zero-order valence-electron chi connectivity index (χ0n) is 10.9. The number of carbonyl (C=O) groups is 1. The van der Waals surface area contributed by atoms with Crippen LogP contribution in [-0.2, 0) is 0 Å². The molecule has 0 fully saturated rings. The van der Waals surface area contributed by atoms with E-state index in [1.807, 2.05) is 0 Å². The highest BCUT2D eigenvalue weighted by Crippen LogP contribution is 2.16. The van der Waals surface area contributed by atoms with Crippen LogP contribution in [0.5, 0.6) is 5.75 Å². The molecule has 0 bridgehead atoms. The Labute approximate surface area is 120 Å². The minimum atomic E-state index is -0.529. The van der Waals surface area contributed by atoms with Crippen molar-refractivity contribution in [1.82, 2.24) is 0 Å². The third-order valence-electron chi connectivity index (χ3n) is 2.66. The van der Waals surface area contributed by atoms with E-state index in [1.165, 1.54) is 42.5 Å². The first-order valence-electron chi connectivity index (χ1n) is 6.10. The van der Waals surface area contributed by atoms with Crippen LogP contribution in [0.3, 0.4) is 0 Å². The van der Waals surface area contributed by atoms with Crippen molar-refractivity contribution in [2.45, 2.75) is 0 Å². The maximum absolute atomic E-state index is 13.5. The van der Waals surface area contributed by atoms with Crippen molar-refractivity contribution in [2.75, 3.05) is 11.9 Å². The highest BCUT2D eigenvalue weighted by Gasteiger charge is 2.07. The van der Waals surface area contributed by atoms with E-state index < -0.39 is 5.82 Å². The van der Waals surface area contributed by atoms with Crippen LogP contribution in [0.1, 0.15) is 15.9 Å². The van der Waals surface area contributed by atoms with Gasteiger partial charge in [0.05, 0.1) is 5.56 Å². The third kappa shape index (κ3) is 3.81. The number of hydrogen-bond acceptors (Lipinski definition) is 3. The van der Waals surface area contributed by atoms with Crippen molar-refractivity contribution in [3.05, 3.63) is 59.4 Å². The summed E-state index contributed by atoms with van der Waals surface area (Å²) in [6.07, 6.45) is 0. The van der Waals surface area contributed by atoms with Crippen LogP contribution in [0.15, 0.2) is 42.5 Å². The number of aliphatic hydroxyl groups is 1. The fourth-order valence-electron chi connectivity index (χ4n) is 1.65. The standard InChI is InChI=1S/C16H12FNO3/c17-15-8-5-13(10-12(15)2-1-9-19)18-16(21)11-3-6-14(20)7-4-11/h3-8,10,19-20H,9H2,(H,18,21). The molecular formula is C16H12FNO3. The van der Waals surface area contributed by atoms with E-state index in [9.17, 15) is 9.18 Å².